The average Bonchev–Trinajstić information content (AvgIpc) is 3.34. The normalized spacial score (nSPS) is 11.6. The number of rotatable bonds is 5. The molecule has 0 saturated heterocycles. The van der Waals surface area contributed by atoms with E-state index in [2.05, 4.69) is 74.3 Å². The van der Waals surface area contributed by atoms with E-state index in [1.165, 1.54) is 11.5 Å². The molecule has 10 heteroatoms. The number of hydrogen-bond acceptors (Lipinski definition) is 8. The molecule has 0 atom stereocenters. The summed E-state index contributed by atoms with van der Waals surface area (Å²) < 4.78 is 4.10. The number of hydrogen-bond donors (Lipinski definition) is 2. The maximum Gasteiger partial charge on any atom is 0.236 e. The van der Waals surface area contributed by atoms with Crippen LogP contribution < -0.4 is 5.32 Å². The van der Waals surface area contributed by atoms with E-state index in [0.29, 0.717) is 11.0 Å². The van der Waals surface area contributed by atoms with Crippen LogP contribution in [-0.4, -0.2) is 34.7 Å². The molecule has 0 aliphatic carbocycles. The molecule has 0 spiro atoms. The molecule has 2 heterocycles. The largest absolute Gasteiger partial charge is 0.329 e. The number of aromatic amines is 1. The Kier molecular flexibility index (Phi) is 5.53. The van der Waals surface area contributed by atoms with E-state index in [1.807, 2.05) is 24.3 Å². The Hall–Kier alpha value is -2.49. The van der Waals surface area contributed by atoms with Crippen LogP contribution in [0, 0.1) is 0 Å². The van der Waals surface area contributed by atoms with Crippen LogP contribution in [0.25, 0.3) is 22.5 Å². The lowest BCUT2D eigenvalue weighted by Crippen LogP contribution is -2.07. The third-order valence-corrected chi connectivity index (χ3v) is 5.95. The maximum absolute atomic E-state index is 5.90. The Balaban J connectivity index is 1.79. The van der Waals surface area contributed by atoms with Gasteiger partial charge >= 0.3 is 0 Å². The van der Waals surface area contributed by atoms with E-state index >= 15 is 0 Å². The second-order valence-corrected chi connectivity index (χ2v) is 10.2. The predicted octanol–water partition coefficient (Wildman–Crippen LogP) is 5.67. The fraction of sp³-hybridized carbons (Fsp3) is 0.211. The summed E-state index contributed by atoms with van der Waals surface area (Å²) in [5.41, 5.74) is 3.89. The van der Waals surface area contributed by atoms with Gasteiger partial charge in [0.25, 0.3) is 0 Å². The van der Waals surface area contributed by atoms with Crippen molar-refractivity contribution in [1.82, 2.24) is 30.0 Å². The Labute approximate surface area is 181 Å². The molecule has 0 saturated carbocycles. The van der Waals surface area contributed by atoms with Gasteiger partial charge in [-0.05, 0) is 40.1 Å². The van der Waals surface area contributed by atoms with Gasteiger partial charge in [0.2, 0.25) is 16.2 Å². The van der Waals surface area contributed by atoms with Gasteiger partial charge in [-0.25, -0.2) is 0 Å². The summed E-state index contributed by atoms with van der Waals surface area (Å²) in [6.45, 7) is 6.55. The summed E-state index contributed by atoms with van der Waals surface area (Å²) in [7, 11) is 0. The zero-order valence-electron chi connectivity index (χ0n) is 16.0. The molecule has 0 radical (unpaired) electrons. The number of H-pyrrole nitrogens is 1. The topological polar surface area (TPSA) is 92.3 Å². The zero-order valence-corrected chi connectivity index (χ0v) is 18.4. The van der Waals surface area contributed by atoms with Gasteiger partial charge in [0.15, 0.2) is 0 Å². The van der Waals surface area contributed by atoms with Gasteiger partial charge in [0, 0.05) is 26.7 Å². The molecular formula is C19H18ClN7S2. The molecule has 2 aromatic heterocycles. The standard InChI is InChI=1S/C19H18ClN7S2/c1-19(2,3)28-15-9-8-11(10-14(15)21-18-22-17(20)25-29-18)12-6-4-5-7-13(12)16-23-26-27-24-16/h4-10H,1-3H3,(H,21,22,25)(H,23,24,26,27). The van der Waals surface area contributed by atoms with Crippen LogP contribution in [0.4, 0.5) is 10.8 Å². The van der Waals surface area contributed by atoms with Gasteiger partial charge in [0.05, 0.1) is 5.69 Å². The van der Waals surface area contributed by atoms with Crippen molar-refractivity contribution in [2.24, 2.45) is 0 Å². The van der Waals surface area contributed by atoms with Crippen LogP contribution in [0.15, 0.2) is 47.4 Å². The van der Waals surface area contributed by atoms with E-state index in [1.54, 1.807) is 11.8 Å². The van der Waals surface area contributed by atoms with E-state index < -0.39 is 0 Å². The van der Waals surface area contributed by atoms with Crippen molar-refractivity contribution in [3.63, 3.8) is 0 Å². The van der Waals surface area contributed by atoms with Gasteiger partial charge in [0.1, 0.15) is 0 Å². The van der Waals surface area contributed by atoms with Crippen LogP contribution in [-0.2, 0) is 0 Å². The first-order valence-electron chi connectivity index (χ1n) is 8.81. The van der Waals surface area contributed by atoms with Gasteiger partial charge in [-0.2, -0.15) is 14.6 Å². The number of aromatic nitrogens is 6. The van der Waals surface area contributed by atoms with Gasteiger partial charge in [-0.1, -0.05) is 51.1 Å². The molecule has 0 unspecified atom stereocenters. The third-order valence-electron chi connectivity index (χ3n) is 3.86. The van der Waals surface area contributed by atoms with Crippen LogP contribution in [0.5, 0.6) is 0 Å². The summed E-state index contributed by atoms with van der Waals surface area (Å²) in [5.74, 6) is 0.555. The predicted molar refractivity (Wildman–Crippen MR) is 119 cm³/mol. The van der Waals surface area contributed by atoms with E-state index in [9.17, 15) is 0 Å². The minimum Gasteiger partial charge on any atom is -0.329 e. The molecule has 148 valence electrons. The molecule has 0 aliphatic heterocycles. The highest BCUT2D eigenvalue weighted by Crippen LogP contribution is 2.41. The summed E-state index contributed by atoms with van der Waals surface area (Å²) >= 11 is 8.91. The quantitative estimate of drug-likeness (QED) is 0.383. The minimum atomic E-state index is 0.0548. The van der Waals surface area contributed by atoms with Crippen LogP contribution >= 0.6 is 34.9 Å². The Morgan fingerprint density at radius 3 is 2.55 bits per heavy atom. The van der Waals surface area contributed by atoms with Crippen molar-refractivity contribution in [2.75, 3.05) is 5.32 Å². The molecule has 0 bridgehead atoms. The first-order chi connectivity index (χ1) is 13.9. The number of halogens is 1. The molecule has 0 amide bonds. The van der Waals surface area contributed by atoms with Crippen LogP contribution in [0.1, 0.15) is 20.8 Å². The van der Waals surface area contributed by atoms with Crippen molar-refractivity contribution in [3.8, 4) is 22.5 Å². The number of thioether (sulfide) groups is 1. The first kappa shape index (κ1) is 19.8. The molecular weight excluding hydrogens is 426 g/mol. The molecule has 7 nitrogen and oxygen atoms in total. The highest BCUT2D eigenvalue weighted by molar-refractivity contribution is 8.00. The summed E-state index contributed by atoms with van der Waals surface area (Å²) in [6.07, 6.45) is 0. The summed E-state index contributed by atoms with van der Waals surface area (Å²) in [5, 5.41) is 18.7. The lowest BCUT2D eigenvalue weighted by Gasteiger charge is -2.21. The fourth-order valence-electron chi connectivity index (χ4n) is 2.79. The second-order valence-electron chi connectivity index (χ2n) is 7.20. The molecule has 2 N–H and O–H groups in total. The monoisotopic (exact) mass is 443 g/mol. The van der Waals surface area contributed by atoms with Crippen molar-refractivity contribution < 1.29 is 0 Å². The Morgan fingerprint density at radius 1 is 1.10 bits per heavy atom. The van der Waals surface area contributed by atoms with Gasteiger partial charge < -0.3 is 5.32 Å². The Bertz CT molecular complexity index is 1120. The second kappa shape index (κ2) is 8.10. The number of anilines is 2. The minimum absolute atomic E-state index is 0.0548. The van der Waals surface area contributed by atoms with Gasteiger partial charge in [-0.3, -0.25) is 0 Å². The maximum atomic E-state index is 5.90. The van der Waals surface area contributed by atoms with E-state index in [-0.39, 0.29) is 10.0 Å². The lowest BCUT2D eigenvalue weighted by molar-refractivity contribution is 0.803. The SMILES string of the molecule is CC(C)(C)Sc1ccc(-c2ccccc2-c2nn[nH]n2)cc1Nc1nc(Cl)ns1. The Morgan fingerprint density at radius 2 is 1.90 bits per heavy atom. The van der Waals surface area contributed by atoms with Crippen molar-refractivity contribution >= 4 is 45.7 Å². The average molecular weight is 444 g/mol. The molecule has 0 fully saturated rings. The van der Waals surface area contributed by atoms with Crippen LogP contribution in [0.2, 0.25) is 5.28 Å². The van der Waals surface area contributed by atoms with Crippen molar-refractivity contribution in [3.05, 3.63) is 47.7 Å². The molecule has 29 heavy (non-hydrogen) atoms. The zero-order chi connectivity index (χ0) is 20.4. The van der Waals surface area contributed by atoms with E-state index in [4.69, 9.17) is 11.6 Å². The van der Waals surface area contributed by atoms with Crippen molar-refractivity contribution in [1.29, 1.82) is 0 Å². The number of nitrogens with one attached hydrogen (secondary N) is 2. The molecule has 2 aromatic carbocycles. The number of benzene rings is 2. The third kappa shape index (κ3) is 4.75. The fourth-order valence-corrected chi connectivity index (χ4v) is 4.53. The number of tetrazole rings is 1. The highest BCUT2D eigenvalue weighted by atomic mass is 35.5. The molecule has 4 rings (SSSR count). The smallest absolute Gasteiger partial charge is 0.236 e. The molecule has 4 aromatic rings. The van der Waals surface area contributed by atoms with Crippen molar-refractivity contribution in [2.45, 2.75) is 30.4 Å². The molecule has 0 aliphatic rings. The highest BCUT2D eigenvalue weighted by Gasteiger charge is 2.18. The van der Waals surface area contributed by atoms with Crippen LogP contribution in [0.3, 0.4) is 0 Å². The first-order valence-corrected chi connectivity index (χ1v) is 10.8. The number of nitrogens with zero attached hydrogens (tertiary/aromatic N) is 5. The summed E-state index contributed by atoms with van der Waals surface area (Å²) in [4.78, 5) is 5.34. The lowest BCUT2D eigenvalue weighted by atomic mass is 9.99. The van der Waals surface area contributed by atoms with E-state index in [0.717, 1.165) is 27.3 Å². The van der Waals surface area contributed by atoms with Gasteiger partial charge in [-0.15, -0.1) is 22.0 Å². The summed E-state index contributed by atoms with van der Waals surface area (Å²) in [6, 6.07) is 14.3.